The minimum absolute atomic E-state index is 0.123. The van der Waals surface area contributed by atoms with Crippen molar-refractivity contribution in [2.24, 2.45) is 4.99 Å². The number of nitriles is 1. The van der Waals surface area contributed by atoms with Crippen LogP contribution in [0.3, 0.4) is 0 Å². The summed E-state index contributed by atoms with van der Waals surface area (Å²) in [7, 11) is 0. The molecule has 1 rings (SSSR count). The first-order valence-corrected chi connectivity index (χ1v) is 3.25. The van der Waals surface area contributed by atoms with Gasteiger partial charge in [0.05, 0.1) is 11.2 Å². The zero-order chi connectivity index (χ0) is 9.14. The van der Waals surface area contributed by atoms with Crippen molar-refractivity contribution in [1.82, 2.24) is 5.01 Å². The van der Waals surface area contributed by atoms with E-state index in [1.54, 1.807) is 6.07 Å². The molecule has 12 heavy (non-hydrogen) atoms. The molecule has 62 valence electrons. The average molecular weight is 187 g/mol. The van der Waals surface area contributed by atoms with Crippen LogP contribution in [0.1, 0.15) is 0 Å². The number of hydrazine groups is 1. The van der Waals surface area contributed by atoms with E-state index >= 15 is 0 Å². The highest BCUT2D eigenvalue weighted by Crippen LogP contribution is 2.11. The van der Waals surface area contributed by atoms with Crippen molar-refractivity contribution in [2.45, 2.75) is 6.17 Å². The Labute approximate surface area is 72.5 Å². The lowest BCUT2D eigenvalue weighted by Crippen LogP contribution is -2.35. The summed E-state index contributed by atoms with van der Waals surface area (Å²) in [5.41, 5.74) is 0. The van der Waals surface area contributed by atoms with E-state index < -0.39 is 11.2 Å². The molecule has 7 heteroatoms. The van der Waals surface area contributed by atoms with E-state index in [9.17, 15) is 10.1 Å². The third-order valence-electron chi connectivity index (χ3n) is 1.15. The predicted octanol–water partition coefficient (Wildman–Crippen LogP) is 0.494. The van der Waals surface area contributed by atoms with Gasteiger partial charge in [0.25, 0.3) is 6.17 Å². The number of halogens is 1. The summed E-state index contributed by atoms with van der Waals surface area (Å²) in [5, 5.41) is 18.6. The van der Waals surface area contributed by atoms with Gasteiger partial charge >= 0.3 is 0 Å². The lowest BCUT2D eigenvalue weighted by Gasteiger charge is -2.14. The number of hydrogen-bond donors (Lipinski definition) is 0. The van der Waals surface area contributed by atoms with Crippen LogP contribution in [0.4, 0.5) is 0 Å². The normalized spacial score (nSPS) is 21.5. The van der Waals surface area contributed by atoms with Gasteiger partial charge in [-0.2, -0.15) is 5.26 Å². The topological polar surface area (TPSA) is 82.5 Å². The highest BCUT2D eigenvalue weighted by atomic mass is 35.5. The Bertz CT molecular complexity index is 305. The molecular weight excluding hydrogens is 184 g/mol. The van der Waals surface area contributed by atoms with Crippen LogP contribution in [0.15, 0.2) is 16.2 Å². The van der Waals surface area contributed by atoms with Gasteiger partial charge in [-0.1, -0.05) is 16.6 Å². The monoisotopic (exact) mass is 186 g/mol. The molecule has 0 saturated heterocycles. The first-order chi connectivity index (χ1) is 5.65. The van der Waals surface area contributed by atoms with Crippen LogP contribution in [-0.4, -0.2) is 22.4 Å². The van der Waals surface area contributed by atoms with Crippen molar-refractivity contribution in [2.75, 3.05) is 0 Å². The summed E-state index contributed by atoms with van der Waals surface area (Å²) in [6, 6.07) is 1.64. The van der Waals surface area contributed by atoms with Crippen LogP contribution < -0.4 is 0 Å². The number of aliphatic imine (C=N–C) groups is 1. The molecule has 0 aliphatic carbocycles. The van der Waals surface area contributed by atoms with Crippen LogP contribution in [0.2, 0.25) is 0 Å². The maximum Gasteiger partial charge on any atom is 0.269 e. The lowest BCUT2D eigenvalue weighted by molar-refractivity contribution is -0.645. The highest BCUT2D eigenvalue weighted by Gasteiger charge is 2.26. The van der Waals surface area contributed by atoms with E-state index in [2.05, 4.69) is 4.99 Å². The lowest BCUT2D eigenvalue weighted by atomic mass is 10.4. The maximum atomic E-state index is 10.3. The number of hydrogen-bond acceptors (Lipinski definition) is 4. The minimum atomic E-state index is -1.12. The third-order valence-corrected chi connectivity index (χ3v) is 1.34. The van der Waals surface area contributed by atoms with Gasteiger partial charge in [0.15, 0.2) is 5.03 Å². The highest BCUT2D eigenvalue weighted by molar-refractivity contribution is 6.39. The summed E-state index contributed by atoms with van der Waals surface area (Å²) < 4.78 is 0. The molecule has 0 N–H and O–H groups in total. The molecule has 1 unspecified atom stereocenters. The van der Waals surface area contributed by atoms with Crippen molar-refractivity contribution in [3.05, 3.63) is 21.3 Å². The molecule has 1 aliphatic rings. The average Bonchev–Trinajstić information content (AvgIpc) is 2.04. The fourth-order valence-corrected chi connectivity index (χ4v) is 0.826. The Morgan fingerprint density at radius 1 is 1.92 bits per heavy atom. The van der Waals surface area contributed by atoms with E-state index in [0.717, 1.165) is 6.20 Å². The van der Waals surface area contributed by atoms with Crippen LogP contribution in [0, 0.1) is 21.4 Å². The number of allylic oxidation sites excluding steroid dienone is 1. The van der Waals surface area contributed by atoms with Crippen LogP contribution in [-0.2, 0) is 0 Å². The van der Waals surface area contributed by atoms with Gasteiger partial charge in [-0.15, -0.1) is 0 Å². The van der Waals surface area contributed by atoms with Gasteiger partial charge in [0.2, 0.25) is 0 Å². The third kappa shape index (κ3) is 1.52. The van der Waals surface area contributed by atoms with E-state index in [0.29, 0.717) is 5.01 Å². The fourth-order valence-electron chi connectivity index (χ4n) is 0.669. The van der Waals surface area contributed by atoms with Crippen molar-refractivity contribution in [3.63, 3.8) is 0 Å². The first-order valence-electron chi connectivity index (χ1n) is 2.88. The minimum Gasteiger partial charge on any atom is -0.247 e. The standard InChI is InChI=1S/C5H3ClN4O2/c6-4-2-8-5(1-7)9(3-4)10(11)12/h2-3,5H. The number of nitro groups is 1. The Morgan fingerprint density at radius 3 is 3.08 bits per heavy atom. The molecule has 1 aliphatic heterocycles. The van der Waals surface area contributed by atoms with Crippen LogP contribution in [0.5, 0.6) is 0 Å². The van der Waals surface area contributed by atoms with Gasteiger partial charge in [0.1, 0.15) is 6.07 Å². The Kier molecular flexibility index (Phi) is 2.26. The van der Waals surface area contributed by atoms with Crippen LogP contribution >= 0.6 is 11.6 Å². The van der Waals surface area contributed by atoms with Gasteiger partial charge < -0.3 is 0 Å². The van der Waals surface area contributed by atoms with Crippen molar-refractivity contribution in [1.29, 1.82) is 5.26 Å². The Morgan fingerprint density at radius 2 is 2.58 bits per heavy atom. The van der Waals surface area contributed by atoms with E-state index in [4.69, 9.17) is 16.9 Å². The molecule has 0 radical (unpaired) electrons. The number of nitrogens with zero attached hydrogens (tertiary/aromatic N) is 4. The second kappa shape index (κ2) is 3.19. The zero-order valence-corrected chi connectivity index (χ0v) is 6.47. The first kappa shape index (κ1) is 8.49. The Balaban J connectivity index is 2.91. The fraction of sp³-hybridized carbons (Fsp3) is 0.200. The molecule has 1 atom stereocenters. The molecule has 0 bridgehead atoms. The second-order valence-corrected chi connectivity index (χ2v) is 2.35. The molecule has 0 amide bonds. The van der Waals surface area contributed by atoms with Crippen molar-refractivity contribution >= 4 is 17.8 Å². The zero-order valence-electron chi connectivity index (χ0n) is 5.72. The molecule has 0 aromatic carbocycles. The number of rotatable bonds is 1. The Hall–Kier alpha value is -1.61. The van der Waals surface area contributed by atoms with Gasteiger partial charge in [0, 0.05) is 6.21 Å². The second-order valence-electron chi connectivity index (χ2n) is 1.91. The SMILES string of the molecule is N#CC1N=CC(Cl)=CN1[N+](=O)[O-]. The summed E-state index contributed by atoms with van der Waals surface area (Å²) in [6.45, 7) is 0. The summed E-state index contributed by atoms with van der Waals surface area (Å²) >= 11 is 5.43. The van der Waals surface area contributed by atoms with E-state index in [1.807, 2.05) is 0 Å². The summed E-state index contributed by atoms with van der Waals surface area (Å²) in [4.78, 5) is 13.8. The molecule has 0 saturated carbocycles. The quantitative estimate of drug-likeness (QED) is 0.441. The van der Waals surface area contributed by atoms with Gasteiger partial charge in [-0.25, -0.2) is 15.1 Å². The van der Waals surface area contributed by atoms with Crippen molar-refractivity contribution < 1.29 is 5.03 Å². The molecule has 0 aromatic rings. The summed E-state index contributed by atoms with van der Waals surface area (Å²) in [6.07, 6.45) is 1.13. The van der Waals surface area contributed by atoms with Crippen LogP contribution in [0.25, 0.3) is 0 Å². The molecular formula is C5H3ClN4O2. The summed E-state index contributed by atoms with van der Waals surface area (Å²) in [5.74, 6) is 0. The van der Waals surface area contributed by atoms with Gasteiger partial charge in [-0.05, 0) is 0 Å². The van der Waals surface area contributed by atoms with E-state index in [1.165, 1.54) is 6.21 Å². The molecule has 6 nitrogen and oxygen atoms in total. The molecule has 0 aromatic heterocycles. The maximum absolute atomic E-state index is 10.3. The van der Waals surface area contributed by atoms with Crippen molar-refractivity contribution in [3.8, 4) is 6.07 Å². The van der Waals surface area contributed by atoms with Gasteiger partial charge in [-0.3, -0.25) is 0 Å². The van der Waals surface area contributed by atoms with E-state index in [-0.39, 0.29) is 5.03 Å². The largest absolute Gasteiger partial charge is 0.269 e. The smallest absolute Gasteiger partial charge is 0.247 e. The molecule has 0 spiro atoms. The molecule has 1 heterocycles. The predicted molar refractivity (Wildman–Crippen MR) is 40.7 cm³/mol. The molecule has 0 fully saturated rings.